The molecule has 0 spiro atoms. The van der Waals surface area contributed by atoms with Gasteiger partial charge in [-0.05, 0) is 46.5 Å². The molecule has 0 unspecified atom stereocenters. The Balaban J connectivity index is 0.000000431. The molecular formula is C34H21Cl6Sb. The van der Waals surface area contributed by atoms with E-state index >= 15 is 0 Å². The van der Waals surface area contributed by atoms with E-state index < -0.39 is 9.14 Å². The van der Waals surface area contributed by atoms with E-state index in [1.807, 2.05) is 12.1 Å². The molecule has 0 radical (unpaired) electrons. The second kappa shape index (κ2) is 11.5. The van der Waals surface area contributed by atoms with Crippen LogP contribution in [-0.4, -0.2) is 9.14 Å². The molecular weight excluding hydrogens is 743 g/mol. The van der Waals surface area contributed by atoms with E-state index in [0.717, 1.165) is 5.56 Å². The molecule has 0 atom stereocenters. The van der Waals surface area contributed by atoms with Gasteiger partial charge in [0.2, 0.25) is 0 Å². The average Bonchev–Trinajstić information content (AvgIpc) is 3.85. The summed E-state index contributed by atoms with van der Waals surface area (Å²) in [6.45, 7) is 0. The first-order valence-corrected chi connectivity index (χ1v) is 31.9. The second-order valence-corrected chi connectivity index (χ2v) is 66.2. The first-order valence-electron chi connectivity index (χ1n) is 12.5. The van der Waals surface area contributed by atoms with Crippen LogP contribution in [0.1, 0.15) is 16.7 Å². The number of hydrogen-bond donors (Lipinski definition) is 0. The van der Waals surface area contributed by atoms with Gasteiger partial charge >= 0.3 is 62.1 Å². The van der Waals surface area contributed by atoms with E-state index in [2.05, 4.69) is 133 Å². The van der Waals surface area contributed by atoms with Crippen molar-refractivity contribution in [3.05, 3.63) is 138 Å². The van der Waals surface area contributed by atoms with Gasteiger partial charge in [0, 0.05) is 11.8 Å². The number of allylic oxidation sites excluding steroid dienone is 2. The summed E-state index contributed by atoms with van der Waals surface area (Å²) in [6, 6.07) is 42.0. The summed E-state index contributed by atoms with van der Waals surface area (Å²) in [6.07, 6.45) is 0. The van der Waals surface area contributed by atoms with Gasteiger partial charge in [0.25, 0.3) is 0 Å². The Bertz CT molecular complexity index is 1690. The molecule has 41 heavy (non-hydrogen) atoms. The van der Waals surface area contributed by atoms with Crippen LogP contribution in [0.5, 0.6) is 0 Å². The minimum absolute atomic E-state index is 0.137. The fourth-order valence-corrected chi connectivity index (χ4v) is 4.55. The van der Waals surface area contributed by atoms with Crippen LogP contribution in [0.15, 0.2) is 121 Å². The average molecular weight is 764 g/mol. The van der Waals surface area contributed by atoms with E-state index in [4.69, 9.17) is 53.0 Å². The van der Waals surface area contributed by atoms with E-state index in [-0.39, 0.29) is 5.92 Å². The number of hydrogen-bond acceptors (Lipinski definition) is 0. The van der Waals surface area contributed by atoms with Gasteiger partial charge < -0.3 is 0 Å². The van der Waals surface area contributed by atoms with Gasteiger partial charge in [-0.2, -0.15) is 0 Å². The van der Waals surface area contributed by atoms with Crippen molar-refractivity contribution in [1.82, 2.24) is 0 Å². The van der Waals surface area contributed by atoms with Crippen LogP contribution in [-0.2, 0) is 0 Å². The summed E-state index contributed by atoms with van der Waals surface area (Å²) in [5.41, 5.74) is 11.1. The molecule has 0 bridgehead atoms. The first-order chi connectivity index (χ1) is 19.4. The minimum atomic E-state index is -5.42. The molecule has 0 amide bonds. The van der Waals surface area contributed by atoms with Crippen LogP contribution >= 0.6 is 53.0 Å². The van der Waals surface area contributed by atoms with E-state index in [1.165, 1.54) is 44.5 Å². The quantitative estimate of drug-likeness (QED) is 0.0972. The van der Waals surface area contributed by atoms with Gasteiger partial charge in [-0.15, -0.1) is 0 Å². The predicted octanol–water partition coefficient (Wildman–Crippen LogP) is 11.5. The summed E-state index contributed by atoms with van der Waals surface area (Å²) < 4.78 is 0. The van der Waals surface area contributed by atoms with Gasteiger partial charge in [0.15, 0.2) is 5.56 Å². The SMILES string of the molecule is C(C#CC1C(c2ccccc2)=C1c1ccccc1)#C[c+]1c(-c2ccccc2)c1-c1ccccc1.[Cl][Sb-]([Cl])([Cl])([Cl])([Cl])[Cl]. The third-order valence-corrected chi connectivity index (χ3v) is 6.23. The molecule has 0 fully saturated rings. The van der Waals surface area contributed by atoms with Crippen LogP contribution in [0.3, 0.4) is 0 Å². The molecule has 204 valence electrons. The van der Waals surface area contributed by atoms with E-state index in [0.29, 0.717) is 0 Å². The van der Waals surface area contributed by atoms with Gasteiger partial charge in [-0.25, -0.2) is 0 Å². The number of halogens is 6. The zero-order valence-electron chi connectivity index (χ0n) is 21.3. The molecule has 0 nitrogen and oxygen atoms in total. The van der Waals surface area contributed by atoms with Crippen molar-refractivity contribution < 1.29 is 0 Å². The Labute approximate surface area is 260 Å². The van der Waals surface area contributed by atoms with Crippen molar-refractivity contribution in [1.29, 1.82) is 0 Å². The summed E-state index contributed by atoms with van der Waals surface area (Å²) in [5, 5.41) is 0. The molecule has 0 N–H and O–H groups in total. The Morgan fingerprint density at radius 1 is 0.463 bits per heavy atom. The Morgan fingerprint density at radius 3 is 1.12 bits per heavy atom. The monoisotopic (exact) mass is 760 g/mol. The topological polar surface area (TPSA) is 0 Å². The van der Waals surface area contributed by atoms with Crippen molar-refractivity contribution in [2.24, 2.45) is 5.92 Å². The second-order valence-electron chi connectivity index (χ2n) is 9.33. The van der Waals surface area contributed by atoms with Gasteiger partial charge in [-0.3, -0.25) is 0 Å². The molecule has 0 saturated carbocycles. The fraction of sp³-hybridized carbons (Fsp3) is 0.0294. The normalized spacial score (nSPS) is 14.4. The standard InChI is InChI=1S/C34H21.6ClH.Sb/c1-5-15-25(16-6-1)31-29(32(31)26-17-7-2-8-18-26)23-13-14-24-30-33(27-19-9-3-10-20-27)34(30)28-21-11-4-12-22-28;;;;;;;/h1-12,15-22,29H;6*1H;/q+1;;;;;;;+5/p-6. The molecule has 1 aliphatic carbocycles. The van der Waals surface area contributed by atoms with Crippen LogP contribution in [0, 0.1) is 29.6 Å². The Kier molecular flexibility index (Phi) is 8.54. The van der Waals surface area contributed by atoms with Crippen molar-refractivity contribution >= 4 is 73.3 Å². The van der Waals surface area contributed by atoms with E-state index in [9.17, 15) is 0 Å². The van der Waals surface area contributed by atoms with Crippen LogP contribution < -0.4 is 0 Å². The Hall–Kier alpha value is -2.09. The fourth-order valence-electron chi connectivity index (χ4n) is 4.55. The molecule has 0 aromatic heterocycles. The van der Waals surface area contributed by atoms with Crippen molar-refractivity contribution in [3.8, 4) is 45.9 Å². The Morgan fingerprint density at radius 2 is 0.780 bits per heavy atom. The first kappa shape index (κ1) is 30.4. The third-order valence-electron chi connectivity index (χ3n) is 6.23. The maximum atomic E-state index is 5.06. The molecule has 0 heterocycles. The predicted molar refractivity (Wildman–Crippen MR) is 183 cm³/mol. The van der Waals surface area contributed by atoms with Gasteiger partial charge in [0.1, 0.15) is 11.1 Å². The zero-order valence-corrected chi connectivity index (χ0v) is 28.4. The molecule has 7 heteroatoms. The molecule has 6 rings (SSSR count). The third kappa shape index (κ3) is 9.20. The molecule has 0 saturated heterocycles. The summed E-state index contributed by atoms with van der Waals surface area (Å²) >= 11 is 0. The number of rotatable bonds is 4. The molecule has 5 aromatic carbocycles. The summed E-state index contributed by atoms with van der Waals surface area (Å²) in [7, 11) is 25.0. The van der Waals surface area contributed by atoms with Crippen LogP contribution in [0.25, 0.3) is 33.4 Å². The maximum absolute atomic E-state index is 5.42. The van der Waals surface area contributed by atoms with Crippen LogP contribution in [0.2, 0.25) is 0 Å². The van der Waals surface area contributed by atoms with Crippen LogP contribution in [0.4, 0.5) is 0 Å². The summed E-state index contributed by atoms with van der Waals surface area (Å²) in [4.78, 5) is 0. The van der Waals surface area contributed by atoms with Crippen molar-refractivity contribution in [2.45, 2.75) is 0 Å². The van der Waals surface area contributed by atoms with Gasteiger partial charge in [0.05, 0.1) is 23.0 Å². The molecule has 1 aliphatic rings. The summed E-state index contributed by atoms with van der Waals surface area (Å²) in [5.74, 6) is 13.2. The van der Waals surface area contributed by atoms with E-state index in [1.54, 1.807) is 0 Å². The van der Waals surface area contributed by atoms with Gasteiger partial charge in [-0.1, -0.05) is 103 Å². The van der Waals surface area contributed by atoms with Crippen molar-refractivity contribution in [2.75, 3.05) is 0 Å². The molecule has 5 aromatic rings. The van der Waals surface area contributed by atoms with Crippen molar-refractivity contribution in [3.63, 3.8) is 0 Å². The molecule has 0 aliphatic heterocycles. The zero-order chi connectivity index (χ0) is 29.2. The number of benzene rings is 4.